The summed E-state index contributed by atoms with van der Waals surface area (Å²) >= 11 is 0. The van der Waals surface area contributed by atoms with Crippen molar-refractivity contribution in [2.45, 2.75) is 25.3 Å². The minimum atomic E-state index is -1.24. The van der Waals surface area contributed by atoms with Gasteiger partial charge in [0.25, 0.3) is 0 Å². The van der Waals surface area contributed by atoms with Crippen LogP contribution >= 0.6 is 0 Å². The molecule has 1 unspecified atom stereocenters. The number of aromatic nitrogens is 2. The first-order valence-electron chi connectivity index (χ1n) is 4.57. The van der Waals surface area contributed by atoms with Crippen molar-refractivity contribution >= 4 is 11.8 Å². The summed E-state index contributed by atoms with van der Waals surface area (Å²) in [6.45, 7) is 1.67. The molecule has 0 aliphatic carbocycles. The first-order chi connectivity index (χ1) is 7.07. The monoisotopic (exact) mass is 211 g/mol. The molecule has 0 aliphatic heterocycles. The zero-order chi connectivity index (χ0) is 11.4. The Morgan fingerprint density at radius 3 is 2.73 bits per heavy atom. The van der Waals surface area contributed by atoms with Crippen molar-refractivity contribution in [3.05, 3.63) is 18.2 Å². The van der Waals surface area contributed by atoms with Gasteiger partial charge in [0.05, 0.1) is 12.2 Å². The summed E-state index contributed by atoms with van der Waals surface area (Å²) < 4.78 is 0. The lowest BCUT2D eigenvalue weighted by molar-refractivity contribution is -0.141. The van der Waals surface area contributed by atoms with Crippen molar-refractivity contribution in [1.82, 2.24) is 9.97 Å². The van der Waals surface area contributed by atoms with Gasteiger partial charge >= 0.3 is 5.97 Å². The van der Waals surface area contributed by atoms with Crippen LogP contribution in [0.25, 0.3) is 0 Å². The van der Waals surface area contributed by atoms with Gasteiger partial charge < -0.3 is 15.8 Å². The SMILES string of the molecule is CCC(=O)C(c1cnc[nH]1)[C@H](N)C(=O)O. The molecule has 15 heavy (non-hydrogen) atoms. The Bertz CT molecular complexity index is 347. The summed E-state index contributed by atoms with van der Waals surface area (Å²) in [5.41, 5.74) is 5.90. The molecule has 6 heteroatoms. The molecule has 6 nitrogen and oxygen atoms in total. The number of carboxylic acids is 1. The van der Waals surface area contributed by atoms with E-state index in [1.807, 2.05) is 0 Å². The zero-order valence-corrected chi connectivity index (χ0v) is 8.30. The molecule has 0 aromatic carbocycles. The van der Waals surface area contributed by atoms with E-state index < -0.39 is 17.9 Å². The highest BCUT2D eigenvalue weighted by Crippen LogP contribution is 2.19. The zero-order valence-electron chi connectivity index (χ0n) is 8.30. The van der Waals surface area contributed by atoms with Crippen molar-refractivity contribution in [2.75, 3.05) is 0 Å². The van der Waals surface area contributed by atoms with Crippen LogP contribution in [0, 0.1) is 0 Å². The van der Waals surface area contributed by atoms with Crippen molar-refractivity contribution in [2.24, 2.45) is 5.73 Å². The third-order valence-corrected chi connectivity index (χ3v) is 2.19. The van der Waals surface area contributed by atoms with E-state index in [4.69, 9.17) is 10.8 Å². The molecule has 0 fully saturated rings. The number of aliphatic carboxylic acids is 1. The molecule has 1 aromatic rings. The minimum absolute atomic E-state index is 0.214. The molecule has 0 amide bonds. The summed E-state index contributed by atoms with van der Waals surface area (Å²) in [6, 6.07) is -1.24. The second kappa shape index (κ2) is 4.70. The molecule has 0 spiro atoms. The van der Waals surface area contributed by atoms with Crippen molar-refractivity contribution in [3.63, 3.8) is 0 Å². The normalized spacial score (nSPS) is 14.5. The van der Waals surface area contributed by atoms with Crippen LogP contribution in [-0.4, -0.2) is 32.9 Å². The van der Waals surface area contributed by atoms with Crippen LogP contribution in [0.1, 0.15) is 25.0 Å². The lowest BCUT2D eigenvalue weighted by Gasteiger charge is -2.17. The molecule has 1 rings (SSSR count). The van der Waals surface area contributed by atoms with E-state index in [2.05, 4.69) is 9.97 Å². The molecule has 1 heterocycles. The molecule has 4 N–H and O–H groups in total. The Hall–Kier alpha value is -1.69. The number of ketones is 1. The number of hydrogen-bond acceptors (Lipinski definition) is 4. The number of hydrogen-bond donors (Lipinski definition) is 3. The Kier molecular flexibility index (Phi) is 3.56. The highest BCUT2D eigenvalue weighted by atomic mass is 16.4. The topological polar surface area (TPSA) is 109 Å². The van der Waals surface area contributed by atoms with Gasteiger partial charge in [-0.1, -0.05) is 6.92 Å². The molecular formula is C9H13N3O3. The highest BCUT2D eigenvalue weighted by Gasteiger charge is 2.31. The number of rotatable bonds is 5. The van der Waals surface area contributed by atoms with Gasteiger partial charge in [-0.15, -0.1) is 0 Å². The van der Waals surface area contributed by atoms with Gasteiger partial charge in [0, 0.05) is 18.3 Å². The molecule has 0 bridgehead atoms. The Balaban J connectivity index is 2.98. The van der Waals surface area contributed by atoms with Crippen molar-refractivity contribution in [3.8, 4) is 0 Å². The number of nitrogens with one attached hydrogen (secondary N) is 1. The maximum Gasteiger partial charge on any atom is 0.321 e. The number of nitrogens with zero attached hydrogens (tertiary/aromatic N) is 1. The second-order valence-electron chi connectivity index (χ2n) is 3.17. The number of carboxylic acid groups (broad SMARTS) is 1. The third-order valence-electron chi connectivity index (χ3n) is 2.19. The summed E-state index contributed by atoms with van der Waals surface area (Å²) in [6.07, 6.45) is 3.05. The van der Waals surface area contributed by atoms with Gasteiger partial charge in [-0.3, -0.25) is 9.59 Å². The summed E-state index contributed by atoms with van der Waals surface area (Å²) in [5.74, 6) is -2.26. The molecular weight excluding hydrogens is 198 g/mol. The van der Waals surface area contributed by atoms with E-state index >= 15 is 0 Å². The molecule has 0 saturated heterocycles. The van der Waals surface area contributed by atoms with E-state index in [1.54, 1.807) is 6.92 Å². The van der Waals surface area contributed by atoms with Crippen LogP contribution in [-0.2, 0) is 9.59 Å². The van der Waals surface area contributed by atoms with Crippen LogP contribution in [0.4, 0.5) is 0 Å². The quantitative estimate of drug-likeness (QED) is 0.629. The molecule has 0 radical (unpaired) electrons. The molecule has 0 aliphatic rings. The van der Waals surface area contributed by atoms with Crippen LogP contribution in [0.15, 0.2) is 12.5 Å². The van der Waals surface area contributed by atoms with Gasteiger partial charge in [0.15, 0.2) is 0 Å². The largest absolute Gasteiger partial charge is 0.480 e. The number of H-pyrrole nitrogens is 1. The van der Waals surface area contributed by atoms with Crippen molar-refractivity contribution in [1.29, 1.82) is 0 Å². The van der Waals surface area contributed by atoms with Crippen LogP contribution in [0.2, 0.25) is 0 Å². The summed E-state index contributed by atoms with van der Waals surface area (Å²) in [7, 11) is 0. The van der Waals surface area contributed by atoms with Crippen LogP contribution < -0.4 is 5.73 Å². The first kappa shape index (κ1) is 11.4. The maximum absolute atomic E-state index is 11.6. The summed E-state index contributed by atoms with van der Waals surface area (Å²) in [5, 5.41) is 8.78. The average Bonchev–Trinajstić information content (AvgIpc) is 2.70. The van der Waals surface area contributed by atoms with Gasteiger partial charge in [-0.2, -0.15) is 0 Å². The number of aromatic amines is 1. The van der Waals surface area contributed by atoms with Crippen LogP contribution in [0.3, 0.4) is 0 Å². The van der Waals surface area contributed by atoms with E-state index in [1.165, 1.54) is 12.5 Å². The van der Waals surface area contributed by atoms with E-state index in [-0.39, 0.29) is 12.2 Å². The highest BCUT2D eigenvalue weighted by molar-refractivity contribution is 5.91. The second-order valence-corrected chi connectivity index (χ2v) is 3.17. The van der Waals surface area contributed by atoms with E-state index in [0.717, 1.165) is 0 Å². The molecule has 82 valence electrons. The van der Waals surface area contributed by atoms with Gasteiger partial charge in [0.1, 0.15) is 11.8 Å². The Labute approximate surface area is 86.5 Å². The first-order valence-corrected chi connectivity index (χ1v) is 4.57. The van der Waals surface area contributed by atoms with Gasteiger partial charge in [-0.05, 0) is 0 Å². The number of imidazole rings is 1. The van der Waals surface area contributed by atoms with E-state index in [0.29, 0.717) is 5.69 Å². The smallest absolute Gasteiger partial charge is 0.321 e. The number of Topliss-reactive ketones (excluding diaryl/α,β-unsaturated/α-hetero) is 1. The van der Waals surface area contributed by atoms with Crippen LogP contribution in [0.5, 0.6) is 0 Å². The Morgan fingerprint density at radius 2 is 2.33 bits per heavy atom. The Morgan fingerprint density at radius 1 is 1.67 bits per heavy atom. The predicted octanol–water partition coefficient (Wildman–Crippen LogP) is -0.116. The number of carbonyl (C=O) groups excluding carboxylic acids is 1. The molecule has 1 aromatic heterocycles. The summed E-state index contributed by atoms with van der Waals surface area (Å²) in [4.78, 5) is 28.8. The van der Waals surface area contributed by atoms with Crippen molar-refractivity contribution < 1.29 is 14.7 Å². The number of carbonyl (C=O) groups is 2. The van der Waals surface area contributed by atoms with Gasteiger partial charge in [0.2, 0.25) is 0 Å². The fourth-order valence-corrected chi connectivity index (χ4v) is 1.37. The standard InChI is InChI=1S/C9H13N3O3/c1-2-6(13)7(8(10)9(14)15)5-3-11-4-12-5/h3-4,7-8H,2,10H2,1H3,(H,11,12)(H,14,15)/t7?,8-/m0/s1. The lowest BCUT2D eigenvalue weighted by atomic mass is 9.91. The van der Waals surface area contributed by atoms with Gasteiger partial charge in [-0.25, -0.2) is 4.98 Å². The van der Waals surface area contributed by atoms with E-state index in [9.17, 15) is 9.59 Å². The predicted molar refractivity (Wildman–Crippen MR) is 52.2 cm³/mol. The number of nitrogens with two attached hydrogens (primary N) is 1. The minimum Gasteiger partial charge on any atom is -0.480 e. The average molecular weight is 211 g/mol. The molecule has 2 atom stereocenters. The maximum atomic E-state index is 11.6. The fourth-order valence-electron chi connectivity index (χ4n) is 1.37. The lowest BCUT2D eigenvalue weighted by Crippen LogP contribution is -2.40. The fraction of sp³-hybridized carbons (Fsp3) is 0.444. The third kappa shape index (κ3) is 2.41. The molecule has 0 saturated carbocycles.